The minimum absolute atomic E-state index is 0.434. The number of hydrogen-bond acceptors (Lipinski definition) is 3. The van der Waals surface area contributed by atoms with Gasteiger partial charge >= 0.3 is 0 Å². The number of nitrogen functional groups attached to an aromatic ring is 1. The smallest absolute Gasteiger partial charge is 0.175 e. The van der Waals surface area contributed by atoms with Crippen LogP contribution in [0.1, 0.15) is 30.9 Å². The molecule has 0 aliphatic heterocycles. The van der Waals surface area contributed by atoms with Gasteiger partial charge in [-0.05, 0) is 42.4 Å². The van der Waals surface area contributed by atoms with Gasteiger partial charge in [0.1, 0.15) is 5.76 Å². The summed E-state index contributed by atoms with van der Waals surface area (Å²) in [6.45, 7) is 0. The van der Waals surface area contributed by atoms with Crippen molar-refractivity contribution in [3.05, 3.63) is 34.0 Å². The molecule has 0 saturated heterocycles. The molecule has 4 rings (SSSR count). The number of aromatic nitrogens is 1. The molecular formula is C15H14Cl2N2O. The Hall–Kier alpha value is -1.19. The first-order valence-corrected chi connectivity index (χ1v) is 7.63. The molecule has 2 unspecified atom stereocenters. The molecule has 2 aliphatic rings. The molecule has 2 N–H and O–H groups in total. The Morgan fingerprint density at radius 3 is 2.60 bits per heavy atom. The van der Waals surface area contributed by atoms with E-state index >= 15 is 0 Å². The van der Waals surface area contributed by atoms with E-state index in [4.69, 9.17) is 33.5 Å². The lowest BCUT2D eigenvalue weighted by molar-refractivity contribution is 0.376. The van der Waals surface area contributed by atoms with Crippen molar-refractivity contribution in [2.45, 2.75) is 25.2 Å². The van der Waals surface area contributed by atoms with Gasteiger partial charge in [-0.1, -0.05) is 40.8 Å². The summed E-state index contributed by atoms with van der Waals surface area (Å²) in [7, 11) is 0. The third-order valence-electron chi connectivity index (χ3n) is 4.66. The minimum Gasteiger partial charge on any atom is -0.380 e. The molecule has 1 aromatic carbocycles. The summed E-state index contributed by atoms with van der Waals surface area (Å²) in [5.41, 5.74) is 7.82. The summed E-state index contributed by atoms with van der Waals surface area (Å²) >= 11 is 12.1. The van der Waals surface area contributed by atoms with E-state index < -0.39 is 0 Å². The quantitative estimate of drug-likeness (QED) is 0.871. The second-order valence-corrected chi connectivity index (χ2v) is 6.53. The van der Waals surface area contributed by atoms with Crippen molar-refractivity contribution in [2.24, 2.45) is 11.8 Å². The largest absolute Gasteiger partial charge is 0.380 e. The van der Waals surface area contributed by atoms with Crippen LogP contribution in [0.3, 0.4) is 0 Å². The first kappa shape index (κ1) is 12.5. The Kier molecular flexibility index (Phi) is 2.76. The van der Waals surface area contributed by atoms with Crippen molar-refractivity contribution in [2.75, 3.05) is 5.73 Å². The molecule has 3 nitrogen and oxygen atoms in total. The average Bonchev–Trinajstić information content (AvgIpc) is 2.78. The highest BCUT2D eigenvalue weighted by molar-refractivity contribution is 6.42. The SMILES string of the molecule is Nc1noc(C2C3CCCC32)c1-c1ccc(Cl)c(Cl)c1. The lowest BCUT2D eigenvalue weighted by atomic mass is 10.0. The number of halogens is 2. The average molecular weight is 309 g/mol. The fourth-order valence-electron chi connectivity index (χ4n) is 3.70. The highest BCUT2D eigenvalue weighted by Gasteiger charge is 2.56. The first-order valence-electron chi connectivity index (χ1n) is 6.87. The second kappa shape index (κ2) is 4.40. The van der Waals surface area contributed by atoms with Gasteiger partial charge in [0, 0.05) is 5.92 Å². The van der Waals surface area contributed by atoms with Gasteiger partial charge in [0.25, 0.3) is 0 Å². The zero-order valence-electron chi connectivity index (χ0n) is 10.8. The van der Waals surface area contributed by atoms with Gasteiger partial charge in [-0.15, -0.1) is 0 Å². The number of anilines is 1. The number of nitrogens with zero attached hydrogens (tertiary/aromatic N) is 1. The third-order valence-corrected chi connectivity index (χ3v) is 5.40. The number of fused-ring (bicyclic) bond motifs is 1. The summed E-state index contributed by atoms with van der Waals surface area (Å²) in [4.78, 5) is 0. The highest BCUT2D eigenvalue weighted by Crippen LogP contribution is 2.64. The Morgan fingerprint density at radius 2 is 1.90 bits per heavy atom. The number of rotatable bonds is 2. The Balaban J connectivity index is 1.78. The molecule has 5 heteroatoms. The molecule has 2 fully saturated rings. The molecule has 0 radical (unpaired) electrons. The van der Waals surface area contributed by atoms with E-state index in [9.17, 15) is 0 Å². The fraction of sp³-hybridized carbons (Fsp3) is 0.400. The van der Waals surface area contributed by atoms with Crippen LogP contribution in [-0.2, 0) is 0 Å². The van der Waals surface area contributed by atoms with E-state index in [2.05, 4.69) is 5.16 Å². The van der Waals surface area contributed by atoms with Crippen LogP contribution in [-0.4, -0.2) is 5.16 Å². The van der Waals surface area contributed by atoms with E-state index in [0.29, 0.717) is 21.8 Å². The Morgan fingerprint density at radius 1 is 1.15 bits per heavy atom. The topological polar surface area (TPSA) is 52.0 Å². The maximum atomic E-state index is 6.10. The first-order chi connectivity index (χ1) is 9.66. The molecule has 0 spiro atoms. The molecule has 2 aromatic rings. The minimum atomic E-state index is 0.434. The Bertz CT molecular complexity index is 673. The molecule has 1 heterocycles. The molecule has 2 aliphatic carbocycles. The second-order valence-electron chi connectivity index (χ2n) is 5.72. The van der Waals surface area contributed by atoms with Crippen LogP contribution >= 0.6 is 23.2 Å². The summed E-state index contributed by atoms with van der Waals surface area (Å²) < 4.78 is 5.53. The van der Waals surface area contributed by atoms with Gasteiger partial charge in [-0.25, -0.2) is 0 Å². The van der Waals surface area contributed by atoms with Gasteiger partial charge < -0.3 is 10.3 Å². The summed E-state index contributed by atoms with van der Waals surface area (Å²) in [6, 6.07) is 5.52. The van der Waals surface area contributed by atoms with Gasteiger partial charge in [-0.3, -0.25) is 0 Å². The molecule has 0 amide bonds. The standard InChI is InChI=1S/C15H14Cl2N2O/c16-10-5-4-7(6-11(10)17)12-14(20-19-15(12)18)13-8-2-1-3-9(8)13/h4-6,8-9,13H,1-3H2,(H2,18,19). The van der Waals surface area contributed by atoms with Crippen molar-refractivity contribution in [1.29, 1.82) is 0 Å². The van der Waals surface area contributed by atoms with Crippen molar-refractivity contribution >= 4 is 29.0 Å². The molecule has 2 atom stereocenters. The predicted molar refractivity (Wildman–Crippen MR) is 79.9 cm³/mol. The van der Waals surface area contributed by atoms with Crippen LogP contribution in [0.5, 0.6) is 0 Å². The highest BCUT2D eigenvalue weighted by atomic mass is 35.5. The van der Waals surface area contributed by atoms with Gasteiger partial charge in [-0.2, -0.15) is 0 Å². The maximum absolute atomic E-state index is 6.10. The van der Waals surface area contributed by atoms with Crippen molar-refractivity contribution in [3.8, 4) is 11.1 Å². The van der Waals surface area contributed by atoms with E-state index in [1.807, 2.05) is 12.1 Å². The molecule has 104 valence electrons. The number of hydrogen-bond donors (Lipinski definition) is 1. The predicted octanol–water partition coefficient (Wildman–Crippen LogP) is 4.74. The lowest BCUT2D eigenvalue weighted by Crippen LogP contribution is -1.92. The van der Waals surface area contributed by atoms with Crippen molar-refractivity contribution in [1.82, 2.24) is 5.16 Å². The van der Waals surface area contributed by atoms with Crippen molar-refractivity contribution in [3.63, 3.8) is 0 Å². The number of nitrogens with two attached hydrogens (primary N) is 1. The Labute approximate surface area is 127 Å². The molecule has 0 bridgehead atoms. The molecule has 2 saturated carbocycles. The molecule has 1 aromatic heterocycles. The van der Waals surface area contributed by atoms with E-state index in [-0.39, 0.29) is 0 Å². The summed E-state index contributed by atoms with van der Waals surface area (Å²) in [5.74, 6) is 3.35. The van der Waals surface area contributed by atoms with E-state index in [1.54, 1.807) is 6.07 Å². The molecule has 20 heavy (non-hydrogen) atoms. The van der Waals surface area contributed by atoms with Gasteiger partial charge in [0.15, 0.2) is 5.82 Å². The van der Waals surface area contributed by atoms with Crippen LogP contribution in [0.25, 0.3) is 11.1 Å². The van der Waals surface area contributed by atoms with E-state index in [0.717, 1.165) is 28.7 Å². The van der Waals surface area contributed by atoms with Crippen molar-refractivity contribution < 1.29 is 4.52 Å². The lowest BCUT2D eigenvalue weighted by Gasteiger charge is -2.05. The monoisotopic (exact) mass is 308 g/mol. The number of benzene rings is 1. The zero-order valence-corrected chi connectivity index (χ0v) is 12.3. The van der Waals surface area contributed by atoms with Gasteiger partial charge in [0.2, 0.25) is 0 Å². The van der Waals surface area contributed by atoms with Crippen LogP contribution in [0.2, 0.25) is 10.0 Å². The zero-order chi connectivity index (χ0) is 13.9. The normalized spacial score (nSPS) is 27.6. The van der Waals surface area contributed by atoms with Crippen LogP contribution in [0.15, 0.2) is 22.7 Å². The molecular weight excluding hydrogens is 295 g/mol. The van der Waals surface area contributed by atoms with Crippen LogP contribution in [0, 0.1) is 11.8 Å². The fourth-order valence-corrected chi connectivity index (χ4v) is 3.99. The maximum Gasteiger partial charge on any atom is 0.175 e. The summed E-state index contributed by atoms with van der Waals surface area (Å²) in [6.07, 6.45) is 3.91. The summed E-state index contributed by atoms with van der Waals surface area (Å²) in [5, 5.41) is 5.02. The van der Waals surface area contributed by atoms with Crippen LogP contribution in [0.4, 0.5) is 5.82 Å². The van der Waals surface area contributed by atoms with E-state index in [1.165, 1.54) is 19.3 Å². The van der Waals surface area contributed by atoms with Crippen LogP contribution < -0.4 is 5.73 Å². The van der Waals surface area contributed by atoms with Gasteiger partial charge in [0.05, 0.1) is 15.6 Å². The third kappa shape index (κ3) is 1.76.